The highest BCUT2D eigenvalue weighted by Gasteiger charge is 2.26. The van der Waals surface area contributed by atoms with Gasteiger partial charge in [-0.15, -0.1) is 0 Å². The third-order valence-electron chi connectivity index (χ3n) is 3.18. The minimum atomic E-state index is -0.0392. The van der Waals surface area contributed by atoms with Crippen molar-refractivity contribution in [2.75, 3.05) is 19.7 Å². The van der Waals surface area contributed by atoms with E-state index >= 15 is 0 Å². The molecule has 0 bridgehead atoms. The number of carbonyl (C=O) groups is 1. The van der Waals surface area contributed by atoms with Crippen LogP contribution in [0.5, 0.6) is 0 Å². The normalized spacial score (nSPS) is 20.9. The summed E-state index contributed by atoms with van der Waals surface area (Å²) in [4.78, 5) is 15.3. The van der Waals surface area contributed by atoms with Crippen LogP contribution in [-0.2, 0) is 16.1 Å². The Morgan fingerprint density at radius 3 is 3.17 bits per heavy atom. The molecule has 0 aromatic carbocycles. The fourth-order valence-electron chi connectivity index (χ4n) is 2.36. The van der Waals surface area contributed by atoms with E-state index in [0.717, 1.165) is 38.2 Å². The Morgan fingerprint density at radius 1 is 1.67 bits per heavy atom. The predicted molar refractivity (Wildman–Crippen MR) is 71.5 cm³/mol. The number of hydrogen-bond acceptors (Lipinski definition) is 5. The highest BCUT2D eigenvalue weighted by molar-refractivity contribution is 7.05. The molecule has 1 aliphatic rings. The van der Waals surface area contributed by atoms with Crippen LogP contribution in [0.15, 0.2) is 6.07 Å². The highest BCUT2D eigenvalue weighted by atomic mass is 32.1. The molecule has 5 heteroatoms. The molecular formula is C13H20N2O2S. The molecule has 1 aromatic heterocycles. The minimum Gasteiger partial charge on any atom is -0.466 e. The van der Waals surface area contributed by atoms with Gasteiger partial charge in [0.1, 0.15) is 0 Å². The van der Waals surface area contributed by atoms with Gasteiger partial charge in [-0.25, -0.2) is 0 Å². The van der Waals surface area contributed by atoms with E-state index in [1.54, 1.807) is 11.5 Å². The van der Waals surface area contributed by atoms with E-state index in [-0.39, 0.29) is 11.9 Å². The van der Waals surface area contributed by atoms with Crippen molar-refractivity contribution >= 4 is 17.5 Å². The van der Waals surface area contributed by atoms with Crippen molar-refractivity contribution in [3.05, 3.63) is 16.6 Å². The summed E-state index contributed by atoms with van der Waals surface area (Å²) in [6.07, 6.45) is 2.03. The van der Waals surface area contributed by atoms with E-state index in [1.165, 1.54) is 4.88 Å². The lowest BCUT2D eigenvalue weighted by Crippen LogP contribution is -2.38. The van der Waals surface area contributed by atoms with E-state index in [9.17, 15) is 4.79 Å². The summed E-state index contributed by atoms with van der Waals surface area (Å²) in [6, 6.07) is 2.12. The lowest BCUT2D eigenvalue weighted by Gasteiger charge is -2.30. The summed E-state index contributed by atoms with van der Waals surface area (Å²) in [5.74, 6) is 0.00963. The number of rotatable bonds is 4. The fourth-order valence-corrected chi connectivity index (χ4v) is 3.14. The molecule has 2 rings (SSSR count). The maximum atomic E-state index is 11.7. The second-order valence-corrected chi connectivity index (χ2v) is 5.65. The summed E-state index contributed by atoms with van der Waals surface area (Å²) in [5.41, 5.74) is 1.08. The van der Waals surface area contributed by atoms with E-state index in [2.05, 4.69) is 15.3 Å². The molecule has 18 heavy (non-hydrogen) atoms. The Hall–Kier alpha value is -0.940. The Kier molecular flexibility index (Phi) is 4.72. The molecule has 0 N–H and O–H groups in total. The van der Waals surface area contributed by atoms with E-state index in [1.807, 2.05) is 13.8 Å². The first-order chi connectivity index (χ1) is 8.69. The zero-order valence-electron chi connectivity index (χ0n) is 11.0. The summed E-state index contributed by atoms with van der Waals surface area (Å²) in [7, 11) is 0. The molecule has 1 aliphatic heterocycles. The molecule has 4 nitrogen and oxygen atoms in total. The molecule has 0 saturated carbocycles. The predicted octanol–water partition coefficient (Wildman–Crippen LogP) is 2.23. The summed E-state index contributed by atoms with van der Waals surface area (Å²) < 4.78 is 9.40. The molecule has 100 valence electrons. The van der Waals surface area contributed by atoms with Crippen molar-refractivity contribution in [2.24, 2.45) is 5.92 Å². The molecule has 0 spiro atoms. The number of nitrogens with zero attached hydrogens (tertiary/aromatic N) is 2. The molecule has 0 aliphatic carbocycles. The van der Waals surface area contributed by atoms with Gasteiger partial charge in [-0.05, 0) is 50.8 Å². The Bertz CT molecular complexity index is 405. The van der Waals surface area contributed by atoms with Gasteiger partial charge in [0, 0.05) is 18.0 Å². The standard InChI is InChI=1S/C13H20N2O2S/c1-3-17-13(16)11-5-4-6-15(8-11)9-12-7-10(2)14-18-12/h7,11H,3-6,8-9H2,1-2H3/t11-/m0/s1. The first-order valence-corrected chi connectivity index (χ1v) is 7.27. The van der Waals surface area contributed by atoms with Crippen molar-refractivity contribution in [3.8, 4) is 0 Å². The van der Waals surface area contributed by atoms with Crippen molar-refractivity contribution in [1.29, 1.82) is 0 Å². The number of hydrogen-bond donors (Lipinski definition) is 0. The van der Waals surface area contributed by atoms with Crippen LogP contribution < -0.4 is 0 Å². The third-order valence-corrected chi connectivity index (χ3v) is 4.04. The van der Waals surface area contributed by atoms with Crippen molar-refractivity contribution in [3.63, 3.8) is 0 Å². The van der Waals surface area contributed by atoms with Crippen molar-refractivity contribution in [2.45, 2.75) is 33.2 Å². The molecule has 1 saturated heterocycles. The number of piperidine rings is 1. The minimum absolute atomic E-state index is 0.0392. The van der Waals surface area contributed by atoms with Crippen LogP contribution in [0.3, 0.4) is 0 Å². The second kappa shape index (κ2) is 6.29. The number of ether oxygens (including phenoxy) is 1. The van der Waals surface area contributed by atoms with Crippen molar-refractivity contribution < 1.29 is 9.53 Å². The number of carbonyl (C=O) groups excluding carboxylic acids is 1. The van der Waals surface area contributed by atoms with Gasteiger partial charge in [-0.2, -0.15) is 4.37 Å². The number of esters is 1. The SMILES string of the molecule is CCOC(=O)[C@H]1CCCN(Cc2cc(C)ns2)C1. The van der Waals surface area contributed by atoms with Gasteiger partial charge in [0.25, 0.3) is 0 Å². The Balaban J connectivity index is 1.88. The number of likely N-dealkylation sites (tertiary alicyclic amines) is 1. The zero-order valence-corrected chi connectivity index (χ0v) is 11.8. The van der Waals surface area contributed by atoms with Gasteiger partial charge in [0.15, 0.2) is 0 Å². The average Bonchev–Trinajstić information content (AvgIpc) is 2.75. The van der Waals surface area contributed by atoms with E-state index in [0.29, 0.717) is 6.61 Å². The quantitative estimate of drug-likeness (QED) is 0.785. The molecule has 0 amide bonds. The van der Waals surface area contributed by atoms with Crippen LogP contribution in [0, 0.1) is 12.8 Å². The first kappa shape index (κ1) is 13.5. The van der Waals surface area contributed by atoms with Crippen LogP contribution in [0.1, 0.15) is 30.3 Å². The molecule has 1 fully saturated rings. The molecule has 2 heterocycles. The van der Waals surface area contributed by atoms with Crippen LogP contribution in [0.4, 0.5) is 0 Å². The van der Waals surface area contributed by atoms with Gasteiger partial charge in [-0.3, -0.25) is 9.69 Å². The van der Waals surface area contributed by atoms with Gasteiger partial charge >= 0.3 is 5.97 Å². The van der Waals surface area contributed by atoms with Gasteiger partial charge in [0.05, 0.1) is 18.2 Å². The van der Waals surface area contributed by atoms with E-state index in [4.69, 9.17) is 4.74 Å². The summed E-state index contributed by atoms with van der Waals surface area (Å²) in [5, 5.41) is 0. The number of aromatic nitrogens is 1. The van der Waals surface area contributed by atoms with Gasteiger partial charge in [-0.1, -0.05) is 0 Å². The fraction of sp³-hybridized carbons (Fsp3) is 0.692. The zero-order chi connectivity index (χ0) is 13.0. The van der Waals surface area contributed by atoms with Crippen LogP contribution >= 0.6 is 11.5 Å². The highest BCUT2D eigenvalue weighted by Crippen LogP contribution is 2.21. The smallest absolute Gasteiger partial charge is 0.310 e. The van der Waals surface area contributed by atoms with Gasteiger partial charge in [0.2, 0.25) is 0 Å². The Morgan fingerprint density at radius 2 is 2.50 bits per heavy atom. The molecule has 1 atom stereocenters. The average molecular weight is 268 g/mol. The summed E-state index contributed by atoms with van der Waals surface area (Å²) >= 11 is 1.56. The molecule has 0 unspecified atom stereocenters. The van der Waals surface area contributed by atoms with Crippen molar-refractivity contribution in [1.82, 2.24) is 9.27 Å². The lowest BCUT2D eigenvalue weighted by molar-refractivity contribution is -0.150. The second-order valence-electron chi connectivity index (χ2n) is 4.76. The molecule has 1 aromatic rings. The molecule has 0 radical (unpaired) electrons. The maximum Gasteiger partial charge on any atom is 0.310 e. The topological polar surface area (TPSA) is 42.4 Å². The molecular weight excluding hydrogens is 248 g/mol. The maximum absolute atomic E-state index is 11.7. The van der Waals surface area contributed by atoms with Crippen LogP contribution in [0.2, 0.25) is 0 Å². The van der Waals surface area contributed by atoms with Gasteiger partial charge < -0.3 is 4.74 Å². The third kappa shape index (κ3) is 3.53. The number of aryl methyl sites for hydroxylation is 1. The first-order valence-electron chi connectivity index (χ1n) is 6.50. The summed E-state index contributed by atoms with van der Waals surface area (Å²) in [6.45, 7) is 7.13. The van der Waals surface area contributed by atoms with E-state index < -0.39 is 0 Å². The van der Waals surface area contributed by atoms with Crippen LogP contribution in [0.25, 0.3) is 0 Å². The van der Waals surface area contributed by atoms with Crippen LogP contribution in [-0.4, -0.2) is 34.9 Å². The largest absolute Gasteiger partial charge is 0.466 e. The Labute approximate surface area is 112 Å². The lowest BCUT2D eigenvalue weighted by atomic mass is 9.98. The monoisotopic (exact) mass is 268 g/mol.